The van der Waals surface area contributed by atoms with Crippen molar-refractivity contribution in [3.05, 3.63) is 101 Å². The largest absolute Gasteiger partial charge is 0.493 e. The van der Waals surface area contributed by atoms with Crippen LogP contribution in [0.4, 0.5) is 5.69 Å². The molecule has 5 heteroatoms. The van der Waals surface area contributed by atoms with E-state index in [1.807, 2.05) is 43.3 Å². The second kappa shape index (κ2) is 9.54. The van der Waals surface area contributed by atoms with Crippen molar-refractivity contribution in [1.82, 2.24) is 0 Å². The molecule has 0 bridgehead atoms. The highest BCUT2D eigenvalue weighted by Crippen LogP contribution is 2.28. The maximum absolute atomic E-state index is 12.7. The van der Waals surface area contributed by atoms with Gasteiger partial charge in [0.15, 0.2) is 0 Å². The van der Waals surface area contributed by atoms with Crippen LogP contribution in [0.25, 0.3) is 10.8 Å². The molecule has 0 radical (unpaired) electrons. The minimum atomic E-state index is -0.211. The number of fused-ring (bicyclic) bond motifs is 1. The first-order valence-corrected chi connectivity index (χ1v) is 10.4. The van der Waals surface area contributed by atoms with Crippen molar-refractivity contribution < 1.29 is 14.3 Å². The fraction of sp³-hybridized carbons (Fsp3) is 0.115. The lowest BCUT2D eigenvalue weighted by molar-refractivity contribution is 0.102. The lowest BCUT2D eigenvalue weighted by Gasteiger charge is -2.14. The molecule has 4 aromatic carbocycles. The number of nitrogens with one attached hydrogen (secondary N) is 1. The molecule has 4 aromatic rings. The van der Waals surface area contributed by atoms with Crippen molar-refractivity contribution in [2.45, 2.75) is 13.5 Å². The monoisotopic (exact) mass is 431 g/mol. The van der Waals surface area contributed by atoms with E-state index in [1.165, 1.54) is 0 Å². The summed E-state index contributed by atoms with van der Waals surface area (Å²) in [6.07, 6.45) is 0. The predicted molar refractivity (Wildman–Crippen MR) is 125 cm³/mol. The van der Waals surface area contributed by atoms with Crippen LogP contribution in [0.3, 0.4) is 0 Å². The Morgan fingerprint density at radius 3 is 2.45 bits per heavy atom. The molecule has 0 fully saturated rings. The summed E-state index contributed by atoms with van der Waals surface area (Å²) in [5, 5.41) is 5.65. The molecule has 0 saturated heterocycles. The van der Waals surface area contributed by atoms with Gasteiger partial charge in [-0.25, -0.2) is 0 Å². The Morgan fingerprint density at radius 1 is 0.871 bits per heavy atom. The average Bonchev–Trinajstić information content (AvgIpc) is 2.80. The number of hydrogen-bond acceptors (Lipinski definition) is 3. The maximum Gasteiger partial charge on any atom is 0.255 e. The molecule has 4 rings (SSSR count). The van der Waals surface area contributed by atoms with E-state index in [2.05, 4.69) is 17.4 Å². The molecule has 0 aliphatic heterocycles. The van der Waals surface area contributed by atoms with Gasteiger partial charge in [-0.05, 0) is 60.8 Å². The standard InChI is InChI=1S/C26H22ClNO3/c1-2-30-24-15-10-19(26(29)28-22-13-11-21(27)12-14-22)16-20(24)17-31-25-9-5-7-18-6-3-4-8-23(18)25/h3-16H,2,17H2,1H3,(H,28,29). The summed E-state index contributed by atoms with van der Waals surface area (Å²) < 4.78 is 11.9. The van der Waals surface area contributed by atoms with Crippen molar-refractivity contribution >= 4 is 34.0 Å². The van der Waals surface area contributed by atoms with Crippen LogP contribution < -0.4 is 14.8 Å². The van der Waals surface area contributed by atoms with E-state index in [0.29, 0.717) is 28.6 Å². The highest BCUT2D eigenvalue weighted by atomic mass is 35.5. The fourth-order valence-corrected chi connectivity index (χ4v) is 3.47. The van der Waals surface area contributed by atoms with Crippen LogP contribution in [0, 0.1) is 0 Å². The molecular formula is C26H22ClNO3. The Morgan fingerprint density at radius 2 is 1.65 bits per heavy atom. The lowest BCUT2D eigenvalue weighted by atomic mass is 10.1. The van der Waals surface area contributed by atoms with Crippen molar-refractivity contribution in [2.24, 2.45) is 0 Å². The summed E-state index contributed by atoms with van der Waals surface area (Å²) >= 11 is 5.91. The minimum absolute atomic E-state index is 0.211. The smallest absolute Gasteiger partial charge is 0.255 e. The zero-order valence-corrected chi connectivity index (χ0v) is 17.9. The molecule has 0 spiro atoms. The lowest BCUT2D eigenvalue weighted by Crippen LogP contribution is -2.13. The summed E-state index contributed by atoms with van der Waals surface area (Å²) in [4.78, 5) is 12.7. The number of ether oxygens (including phenoxy) is 2. The highest BCUT2D eigenvalue weighted by Gasteiger charge is 2.12. The van der Waals surface area contributed by atoms with Crippen molar-refractivity contribution in [1.29, 1.82) is 0 Å². The van der Waals surface area contributed by atoms with Gasteiger partial charge in [-0.15, -0.1) is 0 Å². The Balaban J connectivity index is 1.56. The van der Waals surface area contributed by atoms with Crippen molar-refractivity contribution in [2.75, 3.05) is 11.9 Å². The molecular weight excluding hydrogens is 410 g/mol. The van der Waals surface area contributed by atoms with Crippen LogP contribution in [0.2, 0.25) is 5.02 Å². The Labute approximate surface area is 186 Å². The molecule has 0 atom stereocenters. The molecule has 0 aromatic heterocycles. The molecule has 156 valence electrons. The summed E-state index contributed by atoms with van der Waals surface area (Å²) in [6, 6.07) is 26.4. The normalized spacial score (nSPS) is 10.6. The molecule has 31 heavy (non-hydrogen) atoms. The zero-order chi connectivity index (χ0) is 21.6. The number of hydrogen-bond donors (Lipinski definition) is 1. The third-order valence-electron chi connectivity index (χ3n) is 4.86. The third kappa shape index (κ3) is 4.98. The fourth-order valence-electron chi connectivity index (χ4n) is 3.34. The number of amides is 1. The van der Waals surface area contributed by atoms with Crippen LogP contribution in [0.1, 0.15) is 22.8 Å². The molecule has 0 aliphatic rings. The van der Waals surface area contributed by atoms with E-state index < -0.39 is 0 Å². The molecule has 0 aliphatic carbocycles. The molecule has 0 unspecified atom stereocenters. The number of halogens is 1. The maximum atomic E-state index is 12.7. The van der Waals surface area contributed by atoms with E-state index >= 15 is 0 Å². The van der Waals surface area contributed by atoms with Gasteiger partial charge >= 0.3 is 0 Å². The third-order valence-corrected chi connectivity index (χ3v) is 5.11. The summed E-state index contributed by atoms with van der Waals surface area (Å²) in [6.45, 7) is 2.74. The Bertz CT molecular complexity index is 1200. The Kier molecular flexibility index (Phi) is 6.39. The van der Waals surface area contributed by atoms with E-state index in [1.54, 1.807) is 36.4 Å². The summed E-state index contributed by atoms with van der Waals surface area (Å²) in [7, 11) is 0. The van der Waals surface area contributed by atoms with Crippen LogP contribution in [-0.2, 0) is 6.61 Å². The number of rotatable bonds is 7. The number of carbonyl (C=O) groups excluding carboxylic acids is 1. The topological polar surface area (TPSA) is 47.6 Å². The van der Waals surface area contributed by atoms with E-state index in [9.17, 15) is 4.79 Å². The average molecular weight is 432 g/mol. The highest BCUT2D eigenvalue weighted by molar-refractivity contribution is 6.30. The van der Waals surface area contributed by atoms with Crippen molar-refractivity contribution in [3.8, 4) is 11.5 Å². The van der Waals surface area contributed by atoms with Gasteiger partial charge in [-0.2, -0.15) is 0 Å². The quantitative estimate of drug-likeness (QED) is 0.353. The SMILES string of the molecule is CCOc1ccc(C(=O)Nc2ccc(Cl)cc2)cc1COc1cccc2ccccc12. The zero-order valence-electron chi connectivity index (χ0n) is 17.1. The second-order valence-electron chi connectivity index (χ2n) is 6.98. The second-order valence-corrected chi connectivity index (χ2v) is 7.42. The number of benzene rings is 4. The van der Waals surface area contributed by atoms with Crippen LogP contribution in [0.5, 0.6) is 11.5 Å². The van der Waals surface area contributed by atoms with E-state index in [0.717, 1.165) is 22.1 Å². The van der Waals surface area contributed by atoms with Crippen LogP contribution in [-0.4, -0.2) is 12.5 Å². The first kappa shape index (κ1) is 20.8. The van der Waals surface area contributed by atoms with Gasteiger partial charge in [-0.3, -0.25) is 4.79 Å². The summed E-state index contributed by atoms with van der Waals surface area (Å²) in [5.41, 5.74) is 2.00. The van der Waals surface area contributed by atoms with Gasteiger partial charge in [0.25, 0.3) is 5.91 Å². The number of carbonyl (C=O) groups is 1. The van der Waals surface area contributed by atoms with Gasteiger partial charge in [0.05, 0.1) is 6.61 Å². The van der Waals surface area contributed by atoms with Gasteiger partial charge in [0, 0.05) is 27.2 Å². The Hall–Kier alpha value is -3.50. The van der Waals surface area contributed by atoms with Gasteiger partial charge in [0.1, 0.15) is 18.1 Å². The molecule has 0 heterocycles. The number of anilines is 1. The molecule has 4 nitrogen and oxygen atoms in total. The predicted octanol–water partition coefficient (Wildman–Crippen LogP) is 6.72. The molecule has 1 N–H and O–H groups in total. The van der Waals surface area contributed by atoms with Gasteiger partial charge in [-0.1, -0.05) is 48.0 Å². The van der Waals surface area contributed by atoms with Crippen molar-refractivity contribution in [3.63, 3.8) is 0 Å². The van der Waals surface area contributed by atoms with Crippen LogP contribution >= 0.6 is 11.6 Å². The first-order chi connectivity index (χ1) is 15.1. The first-order valence-electron chi connectivity index (χ1n) is 10.1. The van der Waals surface area contributed by atoms with E-state index in [-0.39, 0.29) is 12.5 Å². The molecule has 0 saturated carbocycles. The van der Waals surface area contributed by atoms with Crippen LogP contribution in [0.15, 0.2) is 84.9 Å². The van der Waals surface area contributed by atoms with E-state index in [4.69, 9.17) is 21.1 Å². The summed E-state index contributed by atoms with van der Waals surface area (Å²) in [5.74, 6) is 1.28. The minimum Gasteiger partial charge on any atom is -0.493 e. The van der Waals surface area contributed by atoms with Gasteiger partial charge < -0.3 is 14.8 Å². The van der Waals surface area contributed by atoms with Gasteiger partial charge in [0.2, 0.25) is 0 Å². The molecule has 1 amide bonds.